The number of carbonyl (C=O) groups is 2. The first-order valence-corrected chi connectivity index (χ1v) is 11.8. The van der Waals surface area contributed by atoms with E-state index in [0.717, 1.165) is 19.1 Å². The molecule has 0 aliphatic rings. The molecular formula is C26H16BrF8N3O2. The predicted molar refractivity (Wildman–Crippen MR) is 132 cm³/mol. The third kappa shape index (κ3) is 5.65. The molecule has 0 saturated heterocycles. The number of nitriles is 1. The Hall–Kier alpha value is -3.99. The van der Waals surface area contributed by atoms with Crippen molar-refractivity contribution in [2.24, 2.45) is 0 Å². The Morgan fingerprint density at radius 1 is 0.950 bits per heavy atom. The van der Waals surface area contributed by atoms with E-state index in [1.165, 1.54) is 18.2 Å². The zero-order chi connectivity index (χ0) is 30.0. The summed E-state index contributed by atoms with van der Waals surface area (Å²) in [5, 5.41) is 11.6. The molecule has 210 valence electrons. The Bertz CT molecular complexity index is 1450. The number of benzene rings is 3. The van der Waals surface area contributed by atoms with Gasteiger partial charge in [-0.2, -0.15) is 31.6 Å². The molecule has 0 aliphatic carbocycles. The fourth-order valence-electron chi connectivity index (χ4n) is 3.81. The van der Waals surface area contributed by atoms with Gasteiger partial charge in [0.2, 0.25) is 0 Å². The van der Waals surface area contributed by atoms with E-state index < -0.39 is 74.7 Å². The molecule has 14 heteroatoms. The third-order valence-electron chi connectivity index (χ3n) is 5.69. The van der Waals surface area contributed by atoms with Gasteiger partial charge in [0.15, 0.2) is 5.82 Å². The molecule has 5 nitrogen and oxygen atoms in total. The van der Waals surface area contributed by atoms with Gasteiger partial charge in [-0.3, -0.25) is 14.5 Å². The standard InChI is InChI=1S/C26H16BrF8N3O2/c1-14-12-16(24(29,25(30,31)32)26(33,34)35)13-18(27)21(14)38(11-10-36)23(40)17-8-5-9-19(20(17)28)37-22(39)15-6-3-2-4-7-15/h2-9,12-13H,11H2,1H3,(H,37,39). The lowest BCUT2D eigenvalue weighted by atomic mass is 9.92. The summed E-state index contributed by atoms with van der Waals surface area (Å²) >= 11 is 2.77. The molecular weight excluding hydrogens is 618 g/mol. The molecule has 3 aromatic rings. The number of amides is 2. The molecule has 0 heterocycles. The van der Waals surface area contributed by atoms with Gasteiger partial charge in [-0.1, -0.05) is 30.3 Å². The number of nitrogens with one attached hydrogen (secondary N) is 1. The Balaban J connectivity index is 2.07. The second kappa shape index (κ2) is 11.2. The highest BCUT2D eigenvalue weighted by molar-refractivity contribution is 9.10. The maximum Gasteiger partial charge on any atom is 0.435 e. The van der Waals surface area contributed by atoms with Crippen LogP contribution in [0.15, 0.2) is 65.1 Å². The van der Waals surface area contributed by atoms with Gasteiger partial charge < -0.3 is 5.32 Å². The molecule has 0 aliphatic heterocycles. The monoisotopic (exact) mass is 633 g/mol. The summed E-state index contributed by atoms with van der Waals surface area (Å²) in [5.74, 6) is -3.15. The summed E-state index contributed by atoms with van der Waals surface area (Å²) in [5.41, 5.74) is -9.35. The van der Waals surface area contributed by atoms with Crippen molar-refractivity contribution in [3.05, 3.63) is 93.2 Å². The minimum Gasteiger partial charge on any atom is -0.319 e. The molecule has 0 radical (unpaired) electrons. The summed E-state index contributed by atoms with van der Waals surface area (Å²) in [7, 11) is 0. The third-order valence-corrected chi connectivity index (χ3v) is 6.29. The minimum absolute atomic E-state index is 0.172. The molecule has 0 aromatic heterocycles. The number of anilines is 2. The topological polar surface area (TPSA) is 73.2 Å². The molecule has 0 fully saturated rings. The van der Waals surface area contributed by atoms with E-state index in [1.807, 2.05) is 0 Å². The van der Waals surface area contributed by atoms with Gasteiger partial charge in [-0.15, -0.1) is 0 Å². The SMILES string of the molecule is Cc1cc(C(F)(C(F)(F)F)C(F)(F)F)cc(Br)c1N(CC#N)C(=O)c1cccc(NC(=O)c2ccccc2)c1F. The van der Waals surface area contributed by atoms with Crippen LogP contribution in [0.5, 0.6) is 0 Å². The normalized spacial score (nSPS) is 12.0. The summed E-state index contributed by atoms with van der Waals surface area (Å²) in [4.78, 5) is 26.4. The number of hydrogen-bond acceptors (Lipinski definition) is 3. The van der Waals surface area contributed by atoms with Crippen molar-refractivity contribution in [1.82, 2.24) is 0 Å². The second-order valence-corrected chi connectivity index (χ2v) is 9.17. The number of aryl methyl sites for hydroxylation is 1. The molecule has 40 heavy (non-hydrogen) atoms. The molecule has 0 atom stereocenters. The minimum atomic E-state index is -6.38. The maximum atomic E-state index is 15.3. The van der Waals surface area contributed by atoms with Gasteiger partial charge >= 0.3 is 18.0 Å². The van der Waals surface area contributed by atoms with E-state index in [4.69, 9.17) is 0 Å². The van der Waals surface area contributed by atoms with Crippen LogP contribution in [0.4, 0.5) is 46.5 Å². The second-order valence-electron chi connectivity index (χ2n) is 8.31. The average Bonchev–Trinajstić information content (AvgIpc) is 2.87. The number of alkyl halides is 7. The fraction of sp³-hybridized carbons (Fsp3) is 0.192. The molecule has 0 unspecified atom stereocenters. The molecule has 0 saturated carbocycles. The molecule has 1 N–H and O–H groups in total. The average molecular weight is 634 g/mol. The smallest absolute Gasteiger partial charge is 0.319 e. The summed E-state index contributed by atoms with van der Waals surface area (Å²) < 4.78 is 109. The largest absolute Gasteiger partial charge is 0.435 e. The predicted octanol–water partition coefficient (Wildman–Crippen LogP) is 7.61. The van der Waals surface area contributed by atoms with Crippen molar-refractivity contribution in [2.45, 2.75) is 24.9 Å². The summed E-state index contributed by atoms with van der Waals surface area (Å²) in [6.07, 6.45) is -12.8. The Kier molecular flexibility index (Phi) is 8.59. The van der Waals surface area contributed by atoms with E-state index in [-0.39, 0.29) is 17.7 Å². The highest BCUT2D eigenvalue weighted by Gasteiger charge is 2.73. The molecule has 3 aromatic carbocycles. The summed E-state index contributed by atoms with van der Waals surface area (Å²) in [6, 6.07) is 13.1. The fourth-order valence-corrected chi connectivity index (χ4v) is 4.58. The van der Waals surface area contributed by atoms with E-state index in [2.05, 4.69) is 21.2 Å². The van der Waals surface area contributed by atoms with Crippen molar-refractivity contribution in [3.63, 3.8) is 0 Å². The highest BCUT2D eigenvalue weighted by Crippen LogP contribution is 2.54. The van der Waals surface area contributed by atoms with Crippen molar-refractivity contribution < 1.29 is 44.7 Å². The van der Waals surface area contributed by atoms with Crippen LogP contribution in [0.1, 0.15) is 31.8 Å². The van der Waals surface area contributed by atoms with Gasteiger partial charge in [0.05, 0.1) is 23.0 Å². The highest BCUT2D eigenvalue weighted by atomic mass is 79.9. The first-order chi connectivity index (χ1) is 18.5. The molecule has 0 bridgehead atoms. The zero-order valence-corrected chi connectivity index (χ0v) is 21.7. The van der Waals surface area contributed by atoms with E-state index in [1.54, 1.807) is 24.3 Å². The zero-order valence-electron chi connectivity index (χ0n) is 20.1. The first-order valence-electron chi connectivity index (χ1n) is 11.0. The van der Waals surface area contributed by atoms with Crippen molar-refractivity contribution in [2.75, 3.05) is 16.8 Å². The number of rotatable bonds is 6. The van der Waals surface area contributed by atoms with Crippen molar-refractivity contribution in [1.29, 1.82) is 5.26 Å². The number of hydrogen-bond donors (Lipinski definition) is 1. The lowest BCUT2D eigenvalue weighted by Crippen LogP contribution is -2.50. The number of carbonyl (C=O) groups excluding carboxylic acids is 2. The Labute approximate surface area is 230 Å². The van der Waals surface area contributed by atoms with Crippen LogP contribution in [0.25, 0.3) is 0 Å². The Morgan fingerprint density at radius 2 is 1.55 bits per heavy atom. The van der Waals surface area contributed by atoms with Crippen LogP contribution in [0.2, 0.25) is 0 Å². The van der Waals surface area contributed by atoms with E-state index >= 15 is 4.39 Å². The van der Waals surface area contributed by atoms with Crippen LogP contribution >= 0.6 is 15.9 Å². The lowest BCUT2D eigenvalue weighted by Gasteiger charge is -2.32. The van der Waals surface area contributed by atoms with Gasteiger partial charge in [0.1, 0.15) is 6.54 Å². The van der Waals surface area contributed by atoms with Crippen LogP contribution < -0.4 is 10.2 Å². The van der Waals surface area contributed by atoms with E-state index in [9.17, 15) is 45.6 Å². The quantitative estimate of drug-likeness (QED) is 0.224. The number of halogens is 9. The first kappa shape index (κ1) is 30.6. The molecule has 0 spiro atoms. The maximum absolute atomic E-state index is 15.3. The van der Waals surface area contributed by atoms with Crippen LogP contribution in [-0.2, 0) is 5.67 Å². The van der Waals surface area contributed by atoms with Gasteiger partial charge in [0.25, 0.3) is 11.8 Å². The van der Waals surface area contributed by atoms with Gasteiger partial charge in [-0.05, 0) is 58.7 Å². The van der Waals surface area contributed by atoms with Crippen LogP contribution in [-0.4, -0.2) is 30.7 Å². The molecule has 2 amide bonds. The van der Waals surface area contributed by atoms with Crippen LogP contribution in [0, 0.1) is 24.1 Å². The summed E-state index contributed by atoms with van der Waals surface area (Å²) in [6.45, 7) is 0.165. The van der Waals surface area contributed by atoms with E-state index in [0.29, 0.717) is 4.90 Å². The Morgan fingerprint density at radius 3 is 2.08 bits per heavy atom. The molecule has 3 rings (SSSR count). The van der Waals surface area contributed by atoms with Gasteiger partial charge in [0, 0.05) is 15.6 Å². The number of nitrogens with zero attached hydrogens (tertiary/aromatic N) is 2. The van der Waals surface area contributed by atoms with Gasteiger partial charge in [-0.25, -0.2) is 8.78 Å². The van der Waals surface area contributed by atoms with Crippen molar-refractivity contribution >= 4 is 39.1 Å². The van der Waals surface area contributed by atoms with Crippen LogP contribution in [0.3, 0.4) is 0 Å². The van der Waals surface area contributed by atoms with Crippen molar-refractivity contribution in [3.8, 4) is 6.07 Å². The lowest BCUT2D eigenvalue weighted by molar-refractivity contribution is -0.348.